The molecule has 0 aromatic heterocycles. The number of carbonyl (C=O) groups is 1. The normalized spacial score (nSPS) is 16.1. The van der Waals surface area contributed by atoms with E-state index in [-0.39, 0.29) is 15.5 Å². The molecule has 6 nitrogen and oxygen atoms in total. The van der Waals surface area contributed by atoms with Crippen LogP contribution in [0.4, 0.5) is 10.5 Å². The van der Waals surface area contributed by atoms with Gasteiger partial charge in [0.05, 0.1) is 15.5 Å². The Morgan fingerprint density at radius 2 is 1.91 bits per heavy atom. The van der Waals surface area contributed by atoms with E-state index in [0.717, 1.165) is 17.2 Å². The largest absolute Gasteiger partial charge is 0.443 e. The quantitative estimate of drug-likeness (QED) is 0.742. The molecule has 0 bridgehead atoms. The van der Waals surface area contributed by atoms with Crippen molar-refractivity contribution >= 4 is 27.6 Å². The molecule has 1 aromatic rings. The number of rotatable bonds is 1. The zero-order valence-corrected chi connectivity index (χ0v) is 13.2. The summed E-state index contributed by atoms with van der Waals surface area (Å²) in [6.07, 6.45) is 1.12. The Labute approximate surface area is 128 Å². The topological polar surface area (TPSA) is 80.8 Å². The average molecular weight is 321 g/mol. The van der Waals surface area contributed by atoms with E-state index in [1.165, 1.54) is 24.1 Å². The molecule has 2 rings (SSSR count). The predicted octanol–water partition coefficient (Wildman–Crippen LogP) is 2.44. The molecule has 0 spiro atoms. The van der Waals surface area contributed by atoms with Crippen LogP contribution in [0.15, 0.2) is 46.3 Å². The van der Waals surface area contributed by atoms with E-state index < -0.39 is 21.5 Å². The van der Waals surface area contributed by atoms with Crippen LogP contribution in [0.1, 0.15) is 20.8 Å². The molecular formula is C15H15NO5S. The lowest BCUT2D eigenvalue weighted by molar-refractivity contribution is 0.0595. The van der Waals surface area contributed by atoms with E-state index in [2.05, 4.69) is 0 Å². The number of nitrogens with zero attached hydrogens (tertiary/aromatic N) is 1. The summed E-state index contributed by atoms with van der Waals surface area (Å²) < 4.78 is 30.0. The Balaban J connectivity index is 2.61. The number of hydrogen-bond acceptors (Lipinski definition) is 5. The van der Waals surface area contributed by atoms with Crippen LogP contribution in [0.3, 0.4) is 0 Å². The molecule has 0 atom stereocenters. The molecule has 1 aliphatic heterocycles. The van der Waals surface area contributed by atoms with Gasteiger partial charge in [0, 0.05) is 12.3 Å². The van der Waals surface area contributed by atoms with E-state index in [1.54, 1.807) is 26.8 Å². The molecule has 116 valence electrons. The third-order valence-electron chi connectivity index (χ3n) is 2.77. The van der Waals surface area contributed by atoms with Crippen molar-refractivity contribution in [1.29, 1.82) is 0 Å². The molecule has 0 saturated heterocycles. The molecule has 1 aliphatic rings. The Hall–Kier alpha value is -2.37. The summed E-state index contributed by atoms with van der Waals surface area (Å²) >= 11 is 0. The van der Waals surface area contributed by atoms with E-state index in [0.29, 0.717) is 0 Å². The van der Waals surface area contributed by atoms with Crippen LogP contribution in [-0.4, -0.2) is 26.1 Å². The molecule has 22 heavy (non-hydrogen) atoms. The number of carbonyl (C=O) groups excluding carboxylic acids is 2. The van der Waals surface area contributed by atoms with Crippen LogP contribution in [0, 0.1) is 0 Å². The van der Waals surface area contributed by atoms with Crippen LogP contribution in [0.25, 0.3) is 0 Å². The van der Waals surface area contributed by atoms with Gasteiger partial charge in [-0.25, -0.2) is 18.0 Å². The Morgan fingerprint density at radius 3 is 2.50 bits per heavy atom. The van der Waals surface area contributed by atoms with Crippen LogP contribution in [-0.2, 0) is 19.4 Å². The van der Waals surface area contributed by atoms with Gasteiger partial charge in [0.1, 0.15) is 11.5 Å². The van der Waals surface area contributed by atoms with E-state index in [4.69, 9.17) is 4.74 Å². The Morgan fingerprint density at radius 1 is 1.27 bits per heavy atom. The Kier molecular flexibility index (Phi) is 3.96. The summed E-state index contributed by atoms with van der Waals surface area (Å²) in [5.74, 6) is 1.43. The fraction of sp³-hybridized carbons (Fsp3) is 0.267. The first-order chi connectivity index (χ1) is 10.2. The third kappa shape index (κ3) is 2.95. The van der Waals surface area contributed by atoms with Crippen molar-refractivity contribution < 1.29 is 22.7 Å². The van der Waals surface area contributed by atoms with Crippen molar-refractivity contribution in [2.45, 2.75) is 31.3 Å². The van der Waals surface area contributed by atoms with Gasteiger partial charge in [-0.3, -0.25) is 4.90 Å². The summed E-state index contributed by atoms with van der Waals surface area (Å²) in [4.78, 5) is 23.5. The van der Waals surface area contributed by atoms with Crippen molar-refractivity contribution in [3.63, 3.8) is 0 Å². The molecular weight excluding hydrogens is 306 g/mol. The third-order valence-corrected chi connectivity index (χ3v) is 4.54. The minimum atomic E-state index is -3.86. The summed E-state index contributed by atoms with van der Waals surface area (Å²) in [6.45, 7) is 5.11. The lowest BCUT2D eigenvalue weighted by atomic mass is 10.2. The second kappa shape index (κ2) is 5.44. The standard InChI is InChI=1S/C15H15NO5S/c1-15(2,3)21-14(18)16-10-11(8-9-17)22(19,20)13-7-5-4-6-12(13)16/h4-8,10H,1-3H3. The van der Waals surface area contributed by atoms with Crippen LogP contribution in [0.5, 0.6) is 0 Å². The van der Waals surface area contributed by atoms with Gasteiger partial charge in [-0.1, -0.05) is 12.1 Å². The molecule has 0 radical (unpaired) electrons. The maximum atomic E-state index is 12.4. The summed E-state index contributed by atoms with van der Waals surface area (Å²) in [6, 6.07) is 6.01. The van der Waals surface area contributed by atoms with Gasteiger partial charge in [0.15, 0.2) is 0 Å². The highest BCUT2D eigenvalue weighted by molar-refractivity contribution is 7.95. The Bertz CT molecular complexity index is 795. The highest BCUT2D eigenvalue weighted by atomic mass is 32.2. The van der Waals surface area contributed by atoms with Crippen LogP contribution < -0.4 is 4.90 Å². The zero-order valence-electron chi connectivity index (χ0n) is 12.4. The highest BCUT2D eigenvalue weighted by Gasteiger charge is 2.34. The average Bonchev–Trinajstić information content (AvgIpc) is 2.40. The summed E-state index contributed by atoms with van der Waals surface area (Å²) in [5.41, 5.74) is -0.559. The van der Waals surface area contributed by atoms with E-state index in [9.17, 15) is 18.0 Å². The fourth-order valence-electron chi connectivity index (χ4n) is 1.91. The summed E-state index contributed by atoms with van der Waals surface area (Å²) in [7, 11) is -3.86. The van der Waals surface area contributed by atoms with Gasteiger partial charge < -0.3 is 4.74 Å². The van der Waals surface area contributed by atoms with Crippen LogP contribution in [0.2, 0.25) is 0 Å². The number of fused-ring (bicyclic) bond motifs is 1. The number of sulfone groups is 1. The number of hydrogen-bond donors (Lipinski definition) is 0. The van der Waals surface area contributed by atoms with Crippen molar-refractivity contribution in [2.24, 2.45) is 0 Å². The first-order valence-corrected chi connectivity index (χ1v) is 7.94. The monoisotopic (exact) mass is 321 g/mol. The van der Waals surface area contributed by atoms with Gasteiger partial charge >= 0.3 is 6.09 Å². The number of anilines is 1. The zero-order chi connectivity index (χ0) is 16.5. The molecule has 1 heterocycles. The number of allylic oxidation sites excluding steroid dienone is 1. The molecule has 7 heteroatoms. The van der Waals surface area contributed by atoms with E-state index >= 15 is 0 Å². The SMILES string of the molecule is CC(C)(C)OC(=O)N1C=C(C=C=O)S(=O)(=O)c2ccccc21. The molecule has 0 N–H and O–H groups in total. The maximum Gasteiger partial charge on any atom is 0.419 e. The number of benzene rings is 1. The van der Waals surface area contributed by atoms with Crippen molar-refractivity contribution in [3.8, 4) is 0 Å². The summed E-state index contributed by atoms with van der Waals surface area (Å²) in [5, 5.41) is 0. The van der Waals surface area contributed by atoms with E-state index in [1.807, 2.05) is 0 Å². The van der Waals surface area contributed by atoms with Gasteiger partial charge in [-0.05, 0) is 32.9 Å². The molecule has 0 aliphatic carbocycles. The van der Waals surface area contributed by atoms with Crippen molar-refractivity contribution in [1.82, 2.24) is 0 Å². The van der Waals surface area contributed by atoms with Crippen LogP contribution >= 0.6 is 0 Å². The molecule has 1 amide bonds. The molecule has 0 fully saturated rings. The van der Waals surface area contributed by atoms with Gasteiger partial charge in [0.25, 0.3) is 0 Å². The van der Waals surface area contributed by atoms with Gasteiger partial charge in [0.2, 0.25) is 9.84 Å². The molecule has 1 aromatic carbocycles. The first-order valence-electron chi connectivity index (χ1n) is 6.46. The second-order valence-corrected chi connectivity index (χ2v) is 7.53. The number of amides is 1. The second-order valence-electron chi connectivity index (χ2n) is 5.62. The highest BCUT2D eigenvalue weighted by Crippen LogP contribution is 2.35. The smallest absolute Gasteiger partial charge is 0.419 e. The maximum absolute atomic E-state index is 12.4. The number of para-hydroxylation sites is 1. The van der Waals surface area contributed by atoms with Crippen molar-refractivity contribution in [2.75, 3.05) is 4.90 Å². The number of ether oxygens (including phenoxy) is 1. The molecule has 0 unspecified atom stereocenters. The van der Waals surface area contributed by atoms with Crippen molar-refractivity contribution in [3.05, 3.63) is 41.4 Å². The molecule has 0 saturated carbocycles. The minimum Gasteiger partial charge on any atom is -0.443 e. The lowest BCUT2D eigenvalue weighted by Crippen LogP contribution is -2.36. The first kappa shape index (κ1) is 16.0. The van der Waals surface area contributed by atoms with Gasteiger partial charge in [-0.2, -0.15) is 0 Å². The lowest BCUT2D eigenvalue weighted by Gasteiger charge is -2.29. The minimum absolute atomic E-state index is 0.0649. The predicted molar refractivity (Wildman–Crippen MR) is 80.7 cm³/mol. The van der Waals surface area contributed by atoms with Gasteiger partial charge in [-0.15, -0.1) is 0 Å². The fourth-order valence-corrected chi connectivity index (χ4v) is 3.31.